The van der Waals surface area contributed by atoms with Gasteiger partial charge >= 0.3 is 0 Å². The fraction of sp³-hybridized carbons (Fsp3) is 0.400. The Bertz CT molecular complexity index is 685. The van der Waals surface area contributed by atoms with Gasteiger partial charge in [0.25, 0.3) is 15.9 Å². The molecule has 1 aromatic rings. The quantitative estimate of drug-likeness (QED) is 0.783. The van der Waals surface area contributed by atoms with Crippen molar-refractivity contribution in [1.29, 1.82) is 0 Å². The van der Waals surface area contributed by atoms with Crippen molar-refractivity contribution >= 4 is 15.9 Å². The van der Waals surface area contributed by atoms with Gasteiger partial charge in [0.15, 0.2) is 11.5 Å². The monoisotopic (exact) mass is 341 g/mol. The fourth-order valence-electron chi connectivity index (χ4n) is 1.87. The minimum Gasteiger partial charge on any atom is -0.490 e. The zero-order valence-electron chi connectivity index (χ0n) is 12.8. The zero-order chi connectivity index (χ0) is 16.9. The maximum absolute atomic E-state index is 12.3. The number of fused-ring (bicyclic) bond motifs is 1. The van der Waals surface area contributed by atoms with Crippen molar-refractivity contribution in [2.45, 2.75) is 24.3 Å². The molecular weight excluding hydrogens is 322 g/mol. The van der Waals surface area contributed by atoms with E-state index in [-0.39, 0.29) is 11.5 Å². The van der Waals surface area contributed by atoms with Gasteiger partial charge in [-0.1, -0.05) is 6.08 Å². The van der Waals surface area contributed by atoms with E-state index in [0.717, 1.165) is 0 Å². The Morgan fingerprint density at radius 1 is 1.39 bits per heavy atom. The Balaban J connectivity index is 2.14. The SMILES string of the molecule is C=CCO[C@@H](C)C(=O)NS(=O)(=O)c1ccc2c(c1)OCCCO2. The molecule has 7 nitrogen and oxygen atoms in total. The number of carbonyl (C=O) groups is 1. The Labute approximate surface area is 135 Å². The molecule has 0 saturated heterocycles. The molecule has 1 aliphatic heterocycles. The Hall–Kier alpha value is -2.06. The molecule has 0 saturated carbocycles. The summed E-state index contributed by atoms with van der Waals surface area (Å²) >= 11 is 0. The third-order valence-electron chi connectivity index (χ3n) is 3.10. The molecule has 0 unspecified atom stereocenters. The van der Waals surface area contributed by atoms with E-state index in [2.05, 4.69) is 6.58 Å². The lowest BCUT2D eigenvalue weighted by atomic mass is 10.3. The number of nitrogens with one attached hydrogen (secondary N) is 1. The van der Waals surface area contributed by atoms with Crippen LogP contribution in [0.15, 0.2) is 35.7 Å². The summed E-state index contributed by atoms with van der Waals surface area (Å²) in [5.74, 6) is 0.0724. The maximum Gasteiger partial charge on any atom is 0.264 e. The van der Waals surface area contributed by atoms with Gasteiger partial charge in [-0.2, -0.15) is 0 Å². The summed E-state index contributed by atoms with van der Waals surface area (Å²) in [4.78, 5) is 11.8. The van der Waals surface area contributed by atoms with Gasteiger partial charge in [0.1, 0.15) is 6.10 Å². The van der Waals surface area contributed by atoms with Crippen LogP contribution in [0.25, 0.3) is 0 Å². The number of rotatable bonds is 6. The summed E-state index contributed by atoms with van der Waals surface area (Å²) in [6.45, 7) is 6.02. The molecule has 1 aliphatic rings. The number of ether oxygens (including phenoxy) is 3. The van der Waals surface area contributed by atoms with E-state index in [1.807, 2.05) is 4.72 Å². The highest BCUT2D eigenvalue weighted by Gasteiger charge is 2.23. The van der Waals surface area contributed by atoms with Crippen LogP contribution >= 0.6 is 0 Å². The first-order valence-corrected chi connectivity index (χ1v) is 8.61. The normalized spacial score (nSPS) is 15.3. The molecule has 0 fully saturated rings. The van der Waals surface area contributed by atoms with Crippen molar-refractivity contribution in [3.63, 3.8) is 0 Å². The van der Waals surface area contributed by atoms with Crippen LogP contribution < -0.4 is 14.2 Å². The van der Waals surface area contributed by atoms with E-state index in [4.69, 9.17) is 14.2 Å². The third-order valence-corrected chi connectivity index (χ3v) is 4.44. The summed E-state index contributed by atoms with van der Waals surface area (Å²) < 4.78 is 42.6. The second-order valence-electron chi connectivity index (χ2n) is 4.89. The Morgan fingerprint density at radius 3 is 2.78 bits per heavy atom. The lowest BCUT2D eigenvalue weighted by Crippen LogP contribution is -2.38. The molecule has 23 heavy (non-hydrogen) atoms. The van der Waals surface area contributed by atoms with Crippen LogP contribution in [0.3, 0.4) is 0 Å². The molecule has 8 heteroatoms. The highest BCUT2D eigenvalue weighted by Crippen LogP contribution is 2.31. The smallest absolute Gasteiger partial charge is 0.264 e. The molecule has 0 spiro atoms. The first-order chi connectivity index (χ1) is 10.9. The molecule has 0 bridgehead atoms. The lowest BCUT2D eigenvalue weighted by Gasteiger charge is -2.14. The van der Waals surface area contributed by atoms with Crippen molar-refractivity contribution in [3.8, 4) is 11.5 Å². The summed E-state index contributed by atoms with van der Waals surface area (Å²) in [5.41, 5.74) is 0. The molecule has 0 aliphatic carbocycles. The van der Waals surface area contributed by atoms with E-state index in [1.54, 1.807) is 0 Å². The summed E-state index contributed by atoms with van der Waals surface area (Å²) in [5, 5.41) is 0. The van der Waals surface area contributed by atoms with Gasteiger partial charge in [-0.15, -0.1) is 6.58 Å². The minimum absolute atomic E-state index is 0.0778. The Kier molecular flexibility index (Phi) is 5.62. The van der Waals surface area contributed by atoms with Crippen LogP contribution in [-0.2, 0) is 19.6 Å². The summed E-state index contributed by atoms with van der Waals surface area (Å²) in [6, 6.07) is 4.21. The molecule has 1 amide bonds. The van der Waals surface area contributed by atoms with Crippen molar-refractivity contribution < 1.29 is 27.4 Å². The van der Waals surface area contributed by atoms with Gasteiger partial charge in [0.2, 0.25) is 0 Å². The number of amides is 1. The van der Waals surface area contributed by atoms with E-state index in [0.29, 0.717) is 31.1 Å². The predicted octanol–water partition coefficient (Wildman–Crippen LogP) is 1.24. The third kappa shape index (κ3) is 4.46. The topological polar surface area (TPSA) is 90.9 Å². The lowest BCUT2D eigenvalue weighted by molar-refractivity contribution is -0.129. The highest BCUT2D eigenvalue weighted by atomic mass is 32.2. The first-order valence-electron chi connectivity index (χ1n) is 7.13. The molecule has 1 heterocycles. The van der Waals surface area contributed by atoms with Crippen molar-refractivity contribution in [2.75, 3.05) is 19.8 Å². The molecule has 1 N–H and O–H groups in total. The average Bonchev–Trinajstić information content (AvgIpc) is 2.76. The number of benzene rings is 1. The minimum atomic E-state index is -4.02. The van der Waals surface area contributed by atoms with Crippen molar-refractivity contribution in [1.82, 2.24) is 4.72 Å². The van der Waals surface area contributed by atoms with Crippen LogP contribution in [0.5, 0.6) is 11.5 Å². The van der Waals surface area contributed by atoms with Crippen molar-refractivity contribution in [3.05, 3.63) is 30.9 Å². The largest absolute Gasteiger partial charge is 0.490 e. The van der Waals surface area contributed by atoms with Crippen LogP contribution in [-0.4, -0.2) is 40.2 Å². The second-order valence-corrected chi connectivity index (χ2v) is 6.58. The van der Waals surface area contributed by atoms with Crippen LogP contribution in [0.1, 0.15) is 13.3 Å². The van der Waals surface area contributed by atoms with Crippen molar-refractivity contribution in [2.24, 2.45) is 0 Å². The van der Waals surface area contributed by atoms with Crippen LogP contribution in [0.2, 0.25) is 0 Å². The van der Waals surface area contributed by atoms with Gasteiger partial charge in [0, 0.05) is 12.5 Å². The van der Waals surface area contributed by atoms with Crippen LogP contribution in [0, 0.1) is 0 Å². The molecule has 126 valence electrons. The first kappa shape index (κ1) is 17.3. The predicted molar refractivity (Wildman–Crippen MR) is 83.0 cm³/mol. The number of hydrogen-bond acceptors (Lipinski definition) is 6. The summed E-state index contributed by atoms with van der Waals surface area (Å²) in [7, 11) is -4.02. The standard InChI is InChI=1S/C15H19NO6S/c1-3-7-20-11(2)15(17)16-23(18,19)12-5-6-13-14(10-12)22-9-4-8-21-13/h3,5-6,10-11H,1,4,7-9H2,2H3,(H,16,17)/t11-/m0/s1. The molecule has 0 radical (unpaired) electrons. The van der Waals surface area contributed by atoms with E-state index in [9.17, 15) is 13.2 Å². The maximum atomic E-state index is 12.3. The van der Waals surface area contributed by atoms with Gasteiger partial charge in [-0.05, 0) is 19.1 Å². The van der Waals surface area contributed by atoms with Crippen LogP contribution in [0.4, 0.5) is 0 Å². The van der Waals surface area contributed by atoms with E-state index in [1.165, 1.54) is 31.2 Å². The van der Waals surface area contributed by atoms with Gasteiger partial charge < -0.3 is 14.2 Å². The molecule has 1 aromatic carbocycles. The Morgan fingerprint density at radius 2 is 2.09 bits per heavy atom. The number of sulfonamides is 1. The van der Waals surface area contributed by atoms with E-state index >= 15 is 0 Å². The van der Waals surface area contributed by atoms with Gasteiger partial charge in [0.05, 0.1) is 24.7 Å². The molecular formula is C15H19NO6S. The number of carbonyl (C=O) groups excluding carboxylic acids is 1. The van der Waals surface area contributed by atoms with E-state index < -0.39 is 22.0 Å². The highest BCUT2D eigenvalue weighted by molar-refractivity contribution is 7.90. The molecule has 2 rings (SSSR count). The van der Waals surface area contributed by atoms with Gasteiger partial charge in [-0.3, -0.25) is 4.79 Å². The zero-order valence-corrected chi connectivity index (χ0v) is 13.6. The molecule has 0 aromatic heterocycles. The van der Waals surface area contributed by atoms with Gasteiger partial charge in [-0.25, -0.2) is 13.1 Å². The average molecular weight is 341 g/mol. The fourth-order valence-corrected chi connectivity index (χ4v) is 2.93. The molecule has 1 atom stereocenters. The summed E-state index contributed by atoms with van der Waals surface area (Å²) in [6.07, 6.45) is 1.27. The number of hydrogen-bond donors (Lipinski definition) is 1. The second kappa shape index (κ2) is 7.47.